The van der Waals surface area contributed by atoms with Crippen LogP contribution in [0.4, 0.5) is 5.82 Å². The van der Waals surface area contributed by atoms with Crippen LogP contribution in [0.2, 0.25) is 0 Å². The number of fused-ring (bicyclic) bond motifs is 3. The number of nitrogens with two attached hydrogens (primary N) is 1. The number of aromatic amines is 1. The molecule has 1 amide bonds. The fourth-order valence-electron chi connectivity index (χ4n) is 2.82. The van der Waals surface area contributed by atoms with E-state index in [0.717, 1.165) is 27.8 Å². The Balaban J connectivity index is 1.95. The molecule has 0 fully saturated rings. The van der Waals surface area contributed by atoms with E-state index in [0.29, 0.717) is 11.4 Å². The summed E-state index contributed by atoms with van der Waals surface area (Å²) in [6.45, 7) is 0. The first kappa shape index (κ1) is 14.3. The molecule has 120 valence electrons. The van der Waals surface area contributed by atoms with Crippen LogP contribution in [0.1, 0.15) is 10.4 Å². The van der Waals surface area contributed by atoms with Gasteiger partial charge < -0.3 is 15.0 Å². The minimum atomic E-state index is -0.0691. The number of H-pyrrole nitrogens is 1. The Bertz CT molecular complexity index is 1060. The quantitative estimate of drug-likeness (QED) is 0.592. The number of amides is 1. The molecule has 7 nitrogen and oxygen atoms in total. The van der Waals surface area contributed by atoms with E-state index < -0.39 is 0 Å². The Morgan fingerprint density at radius 3 is 2.75 bits per heavy atom. The summed E-state index contributed by atoms with van der Waals surface area (Å²) in [4.78, 5) is 18.2. The van der Waals surface area contributed by atoms with Gasteiger partial charge in [0.25, 0.3) is 5.91 Å². The first-order valence-electron chi connectivity index (χ1n) is 7.47. The zero-order valence-electron chi connectivity index (χ0n) is 13.3. The Kier molecular flexibility index (Phi) is 3.02. The number of carbonyl (C=O) groups excluding carboxylic acids is 1. The van der Waals surface area contributed by atoms with Crippen molar-refractivity contribution in [1.29, 1.82) is 0 Å². The summed E-state index contributed by atoms with van der Waals surface area (Å²) in [7, 11) is 3.45. The Labute approximate surface area is 137 Å². The highest BCUT2D eigenvalue weighted by atomic mass is 16.2. The third kappa shape index (κ3) is 2.10. The lowest BCUT2D eigenvalue weighted by Gasteiger charge is -2.07. The molecule has 7 heteroatoms. The molecule has 4 rings (SSSR count). The zero-order valence-corrected chi connectivity index (χ0v) is 13.3. The van der Waals surface area contributed by atoms with Gasteiger partial charge in [-0.25, -0.2) is 4.98 Å². The lowest BCUT2D eigenvalue weighted by atomic mass is 10.1. The summed E-state index contributed by atoms with van der Waals surface area (Å²) >= 11 is 0. The number of hydrogen-bond acceptors (Lipinski definition) is 4. The summed E-state index contributed by atoms with van der Waals surface area (Å²) in [5.74, 6) is 0.322. The predicted molar refractivity (Wildman–Crippen MR) is 92.7 cm³/mol. The average Bonchev–Trinajstić information content (AvgIpc) is 3.23. The summed E-state index contributed by atoms with van der Waals surface area (Å²) in [6, 6.07) is 9.57. The van der Waals surface area contributed by atoms with Gasteiger partial charge in [-0.2, -0.15) is 5.10 Å². The standard InChI is InChI=1S/C17H16N6O/c1-22(2)17(24)11-8-15-16(18)20-13-7-10(12-5-6-19-21-12)3-4-14(13)23(15)9-11/h3-9H,1-2H3,(H2,18,20)(H,19,21). The minimum absolute atomic E-state index is 0.0691. The first-order chi connectivity index (χ1) is 11.5. The topological polar surface area (TPSA) is 92.3 Å². The van der Waals surface area contributed by atoms with E-state index in [1.54, 1.807) is 32.6 Å². The van der Waals surface area contributed by atoms with Crippen molar-refractivity contribution in [3.63, 3.8) is 0 Å². The molecule has 3 aromatic heterocycles. The number of anilines is 1. The zero-order chi connectivity index (χ0) is 16.8. The van der Waals surface area contributed by atoms with Crippen molar-refractivity contribution in [3.8, 4) is 11.3 Å². The van der Waals surface area contributed by atoms with Crippen molar-refractivity contribution in [2.24, 2.45) is 0 Å². The van der Waals surface area contributed by atoms with Crippen molar-refractivity contribution in [2.45, 2.75) is 0 Å². The number of nitrogens with one attached hydrogen (secondary N) is 1. The van der Waals surface area contributed by atoms with Crippen molar-refractivity contribution >= 4 is 28.3 Å². The van der Waals surface area contributed by atoms with Crippen molar-refractivity contribution in [3.05, 3.63) is 48.3 Å². The maximum Gasteiger partial charge on any atom is 0.254 e. The van der Waals surface area contributed by atoms with Crippen molar-refractivity contribution < 1.29 is 4.79 Å². The third-order valence-electron chi connectivity index (χ3n) is 4.02. The number of nitrogens with zero attached hydrogens (tertiary/aromatic N) is 4. The SMILES string of the molecule is CN(C)C(=O)c1cc2c(N)nc3cc(-c4ccn[nH]4)ccc3n2c1. The van der Waals surface area contributed by atoms with Crippen LogP contribution in [0.25, 0.3) is 27.8 Å². The summed E-state index contributed by atoms with van der Waals surface area (Å²) in [5, 5.41) is 6.90. The lowest BCUT2D eigenvalue weighted by molar-refractivity contribution is 0.0828. The normalized spacial score (nSPS) is 11.2. The number of nitrogen functional groups attached to an aromatic ring is 1. The summed E-state index contributed by atoms with van der Waals surface area (Å²) < 4.78 is 1.91. The van der Waals surface area contributed by atoms with Crippen LogP contribution in [-0.4, -0.2) is 44.5 Å². The highest BCUT2D eigenvalue weighted by Gasteiger charge is 2.15. The van der Waals surface area contributed by atoms with Gasteiger partial charge in [-0.15, -0.1) is 0 Å². The van der Waals surface area contributed by atoms with E-state index in [2.05, 4.69) is 15.2 Å². The average molecular weight is 320 g/mol. The summed E-state index contributed by atoms with van der Waals surface area (Å²) in [5.41, 5.74) is 10.9. The Hall–Kier alpha value is -3.35. The van der Waals surface area contributed by atoms with Gasteiger partial charge in [0.05, 0.1) is 27.8 Å². The van der Waals surface area contributed by atoms with Crippen LogP contribution >= 0.6 is 0 Å². The Morgan fingerprint density at radius 1 is 1.21 bits per heavy atom. The minimum Gasteiger partial charge on any atom is -0.382 e. The second kappa shape index (κ2) is 5.09. The van der Waals surface area contributed by atoms with Crippen LogP contribution in [0, 0.1) is 0 Å². The van der Waals surface area contributed by atoms with Gasteiger partial charge in [0, 0.05) is 32.1 Å². The molecule has 3 N–H and O–H groups in total. The van der Waals surface area contributed by atoms with E-state index in [1.807, 2.05) is 28.7 Å². The molecule has 3 heterocycles. The van der Waals surface area contributed by atoms with Gasteiger partial charge in [-0.1, -0.05) is 6.07 Å². The predicted octanol–water partition coefficient (Wildman–Crippen LogP) is 2.16. The van der Waals surface area contributed by atoms with E-state index in [9.17, 15) is 4.79 Å². The maximum atomic E-state index is 12.2. The highest BCUT2D eigenvalue weighted by Crippen LogP contribution is 2.26. The molecule has 24 heavy (non-hydrogen) atoms. The van der Waals surface area contributed by atoms with Crippen LogP contribution in [0.5, 0.6) is 0 Å². The summed E-state index contributed by atoms with van der Waals surface area (Å²) in [6.07, 6.45) is 3.50. The monoisotopic (exact) mass is 320 g/mol. The molecule has 0 aliphatic carbocycles. The second-order valence-electron chi connectivity index (χ2n) is 5.85. The number of aromatic nitrogens is 4. The van der Waals surface area contributed by atoms with E-state index in [-0.39, 0.29) is 5.91 Å². The van der Waals surface area contributed by atoms with Crippen molar-refractivity contribution in [1.82, 2.24) is 24.5 Å². The van der Waals surface area contributed by atoms with Crippen LogP contribution in [0.15, 0.2) is 42.7 Å². The second-order valence-corrected chi connectivity index (χ2v) is 5.85. The van der Waals surface area contributed by atoms with E-state index in [1.165, 1.54) is 4.90 Å². The molecule has 0 bridgehead atoms. The van der Waals surface area contributed by atoms with Crippen molar-refractivity contribution in [2.75, 3.05) is 19.8 Å². The fourth-order valence-corrected chi connectivity index (χ4v) is 2.82. The molecular weight excluding hydrogens is 304 g/mol. The van der Waals surface area contributed by atoms with Gasteiger partial charge in [0.15, 0.2) is 0 Å². The van der Waals surface area contributed by atoms with E-state index >= 15 is 0 Å². The molecule has 4 aromatic rings. The fraction of sp³-hybridized carbons (Fsp3) is 0.118. The van der Waals surface area contributed by atoms with Crippen LogP contribution in [-0.2, 0) is 0 Å². The van der Waals surface area contributed by atoms with Crippen LogP contribution < -0.4 is 5.73 Å². The van der Waals surface area contributed by atoms with Crippen LogP contribution in [0.3, 0.4) is 0 Å². The number of hydrogen-bond donors (Lipinski definition) is 2. The molecule has 1 aromatic carbocycles. The van der Waals surface area contributed by atoms with Gasteiger partial charge in [-0.05, 0) is 24.3 Å². The molecule has 0 saturated carbocycles. The molecule has 0 spiro atoms. The molecule has 0 saturated heterocycles. The molecule has 0 aliphatic heterocycles. The lowest BCUT2D eigenvalue weighted by Crippen LogP contribution is -2.20. The Morgan fingerprint density at radius 2 is 2.04 bits per heavy atom. The molecule has 0 radical (unpaired) electrons. The van der Waals surface area contributed by atoms with Gasteiger partial charge in [-0.3, -0.25) is 9.89 Å². The van der Waals surface area contributed by atoms with Gasteiger partial charge >= 0.3 is 0 Å². The number of benzene rings is 1. The molecule has 0 aliphatic rings. The molecule has 0 unspecified atom stereocenters. The smallest absolute Gasteiger partial charge is 0.254 e. The number of carbonyl (C=O) groups is 1. The van der Waals surface area contributed by atoms with Gasteiger partial charge in [0.2, 0.25) is 0 Å². The maximum absolute atomic E-state index is 12.2. The third-order valence-corrected chi connectivity index (χ3v) is 4.02. The van der Waals surface area contributed by atoms with Gasteiger partial charge in [0.1, 0.15) is 5.82 Å². The molecular formula is C17H16N6O. The highest BCUT2D eigenvalue weighted by molar-refractivity contribution is 5.98. The molecule has 0 atom stereocenters. The number of rotatable bonds is 2. The largest absolute Gasteiger partial charge is 0.382 e. The van der Waals surface area contributed by atoms with E-state index in [4.69, 9.17) is 5.73 Å². The first-order valence-corrected chi connectivity index (χ1v) is 7.47.